The molecule has 2 atom stereocenters. The maximum atomic E-state index is 10.5. The molecule has 0 radical (unpaired) electrons. The largest absolute Gasteiger partial charge is 0.508 e. The number of nitrogens with one attached hydrogen (secondary N) is 1. The first-order valence-corrected chi connectivity index (χ1v) is 10.3. The van der Waals surface area contributed by atoms with Crippen LogP contribution in [0.15, 0.2) is 65.7 Å². The number of phenols is 1. The van der Waals surface area contributed by atoms with Gasteiger partial charge in [-0.1, -0.05) is 35.3 Å². The number of rotatable bonds is 3. The van der Waals surface area contributed by atoms with Gasteiger partial charge in [0.25, 0.3) is 0 Å². The smallest absolute Gasteiger partial charge is 0.231 e. The average molecular weight is 441 g/mol. The molecule has 0 fully saturated rings. The minimum atomic E-state index is -0.306. The van der Waals surface area contributed by atoms with Crippen LogP contribution in [-0.4, -0.2) is 17.6 Å². The van der Waals surface area contributed by atoms with E-state index in [1.807, 2.05) is 42.5 Å². The number of hydrogen-bond donors (Lipinski definition) is 2. The van der Waals surface area contributed by atoms with Gasteiger partial charge in [-0.15, -0.1) is 0 Å². The predicted molar refractivity (Wildman–Crippen MR) is 117 cm³/mol. The van der Waals surface area contributed by atoms with E-state index in [1.165, 1.54) is 0 Å². The normalized spacial score (nSPS) is 20.1. The molecular formula is C23H18Cl2N2O3. The molecule has 30 heavy (non-hydrogen) atoms. The van der Waals surface area contributed by atoms with Crippen LogP contribution in [0.2, 0.25) is 10.0 Å². The van der Waals surface area contributed by atoms with Crippen LogP contribution in [0, 0.1) is 0 Å². The molecule has 0 saturated heterocycles. The average Bonchev–Trinajstić information content (AvgIpc) is 3.23. The first-order valence-electron chi connectivity index (χ1n) is 9.53. The highest BCUT2D eigenvalue weighted by atomic mass is 35.5. The van der Waals surface area contributed by atoms with E-state index in [4.69, 9.17) is 37.7 Å². The van der Waals surface area contributed by atoms with Crippen LogP contribution in [0.25, 0.3) is 0 Å². The quantitative estimate of drug-likeness (QED) is 0.552. The van der Waals surface area contributed by atoms with Crippen molar-refractivity contribution in [3.8, 4) is 17.2 Å². The first-order chi connectivity index (χ1) is 14.6. The number of ether oxygens (including phenoxy) is 2. The minimum absolute atomic E-state index is 0.178. The molecule has 2 heterocycles. The van der Waals surface area contributed by atoms with Gasteiger partial charge in [-0.2, -0.15) is 0 Å². The SMILES string of the molecule is Oc1ccc(Cl)cc1[C@H]1CC(c2ccc3c(c2)OCO3)=N[C@@H](c2ccc(Cl)cc2)N1. The topological polar surface area (TPSA) is 63.1 Å². The van der Waals surface area contributed by atoms with E-state index in [0.29, 0.717) is 22.2 Å². The third kappa shape index (κ3) is 3.72. The maximum Gasteiger partial charge on any atom is 0.231 e. The molecule has 0 aromatic heterocycles. The van der Waals surface area contributed by atoms with E-state index >= 15 is 0 Å². The molecule has 3 aromatic carbocycles. The van der Waals surface area contributed by atoms with Gasteiger partial charge < -0.3 is 14.6 Å². The van der Waals surface area contributed by atoms with Crippen molar-refractivity contribution in [1.29, 1.82) is 0 Å². The number of nitrogens with zero attached hydrogens (tertiary/aromatic N) is 1. The molecule has 2 aliphatic rings. The van der Waals surface area contributed by atoms with Gasteiger partial charge in [0.05, 0.1) is 0 Å². The Labute approximate surface area is 183 Å². The summed E-state index contributed by atoms with van der Waals surface area (Å²) < 4.78 is 11.0. The molecule has 2 aliphatic heterocycles. The van der Waals surface area contributed by atoms with Crippen LogP contribution in [-0.2, 0) is 0 Å². The molecule has 5 nitrogen and oxygen atoms in total. The summed E-state index contributed by atoms with van der Waals surface area (Å²) in [7, 11) is 0. The second-order valence-corrected chi connectivity index (χ2v) is 8.10. The van der Waals surface area contributed by atoms with Gasteiger partial charge in [-0.05, 0) is 59.7 Å². The van der Waals surface area contributed by atoms with Gasteiger partial charge in [0, 0.05) is 33.8 Å². The molecule has 152 valence electrons. The van der Waals surface area contributed by atoms with Crippen LogP contribution in [0.5, 0.6) is 17.2 Å². The van der Waals surface area contributed by atoms with Crippen molar-refractivity contribution in [2.75, 3.05) is 6.79 Å². The lowest BCUT2D eigenvalue weighted by Gasteiger charge is -2.31. The Bertz CT molecular complexity index is 1130. The summed E-state index contributed by atoms with van der Waals surface area (Å²) >= 11 is 12.3. The van der Waals surface area contributed by atoms with Crippen LogP contribution >= 0.6 is 23.2 Å². The molecule has 0 aliphatic carbocycles. The van der Waals surface area contributed by atoms with Crippen molar-refractivity contribution >= 4 is 28.9 Å². The maximum absolute atomic E-state index is 10.5. The van der Waals surface area contributed by atoms with Gasteiger partial charge in [-0.25, -0.2) is 0 Å². The Kier molecular flexibility index (Phi) is 5.03. The minimum Gasteiger partial charge on any atom is -0.508 e. The molecule has 0 saturated carbocycles. The van der Waals surface area contributed by atoms with Crippen LogP contribution in [0.4, 0.5) is 0 Å². The van der Waals surface area contributed by atoms with E-state index in [-0.39, 0.29) is 24.8 Å². The van der Waals surface area contributed by atoms with Gasteiger partial charge in [0.1, 0.15) is 11.9 Å². The summed E-state index contributed by atoms with van der Waals surface area (Å²) in [4.78, 5) is 4.96. The molecule has 0 spiro atoms. The molecule has 7 heteroatoms. The summed E-state index contributed by atoms with van der Waals surface area (Å²) in [5.41, 5.74) is 3.56. The van der Waals surface area contributed by atoms with Gasteiger partial charge in [0.2, 0.25) is 6.79 Å². The van der Waals surface area contributed by atoms with E-state index in [1.54, 1.807) is 18.2 Å². The fourth-order valence-corrected chi connectivity index (χ4v) is 4.08. The number of phenolic OH excluding ortho intramolecular Hbond substituents is 1. The standard InChI is InChI=1S/C23H18Cl2N2O3/c24-15-4-1-13(2-5-15)23-26-18(14-3-8-21-22(9-14)30-12-29-21)11-19(27-23)17-10-16(25)6-7-20(17)28/h1-10,19,23,27-28H,11-12H2/t19-,23-/m1/s1. The Morgan fingerprint density at radius 3 is 2.50 bits per heavy atom. The predicted octanol–water partition coefficient (Wildman–Crippen LogP) is 5.65. The number of hydrogen-bond acceptors (Lipinski definition) is 5. The highest BCUT2D eigenvalue weighted by molar-refractivity contribution is 6.30. The van der Waals surface area contributed by atoms with E-state index in [2.05, 4.69) is 5.32 Å². The summed E-state index contributed by atoms with van der Waals surface area (Å²) in [6, 6.07) is 18.3. The first kappa shape index (κ1) is 19.2. The fraction of sp³-hybridized carbons (Fsp3) is 0.174. The Morgan fingerprint density at radius 1 is 0.900 bits per heavy atom. The number of halogens is 2. The van der Waals surface area contributed by atoms with Gasteiger partial charge in [-0.3, -0.25) is 10.3 Å². The van der Waals surface area contributed by atoms with E-state index in [9.17, 15) is 5.11 Å². The monoisotopic (exact) mass is 440 g/mol. The lowest BCUT2D eigenvalue weighted by Crippen LogP contribution is -2.33. The highest BCUT2D eigenvalue weighted by Crippen LogP contribution is 2.38. The highest BCUT2D eigenvalue weighted by Gasteiger charge is 2.28. The molecule has 0 unspecified atom stereocenters. The lowest BCUT2D eigenvalue weighted by atomic mass is 9.93. The van der Waals surface area contributed by atoms with Crippen LogP contribution < -0.4 is 14.8 Å². The zero-order valence-corrected chi connectivity index (χ0v) is 17.3. The van der Waals surface area contributed by atoms with Crippen molar-refractivity contribution in [1.82, 2.24) is 5.32 Å². The van der Waals surface area contributed by atoms with Gasteiger partial charge in [0.15, 0.2) is 11.5 Å². The van der Waals surface area contributed by atoms with Crippen molar-refractivity contribution in [3.05, 3.63) is 87.4 Å². The molecule has 5 rings (SSSR count). The van der Waals surface area contributed by atoms with Gasteiger partial charge >= 0.3 is 0 Å². The number of aliphatic imine (C=N–C) groups is 1. The second kappa shape index (κ2) is 7.84. The molecule has 3 aromatic rings. The molecule has 0 amide bonds. The number of benzene rings is 3. The Balaban J connectivity index is 1.56. The third-order valence-electron chi connectivity index (χ3n) is 5.30. The van der Waals surface area contributed by atoms with Crippen molar-refractivity contribution in [3.63, 3.8) is 0 Å². The zero-order chi connectivity index (χ0) is 20.7. The molecule has 2 N–H and O–H groups in total. The van der Waals surface area contributed by atoms with Crippen molar-refractivity contribution in [2.45, 2.75) is 18.6 Å². The molecular weight excluding hydrogens is 423 g/mol. The zero-order valence-electron chi connectivity index (χ0n) is 15.8. The summed E-state index contributed by atoms with van der Waals surface area (Å²) in [6.07, 6.45) is 0.275. The van der Waals surface area contributed by atoms with E-state index < -0.39 is 0 Å². The van der Waals surface area contributed by atoms with Crippen LogP contribution in [0.3, 0.4) is 0 Å². The third-order valence-corrected chi connectivity index (χ3v) is 5.79. The van der Waals surface area contributed by atoms with Crippen LogP contribution in [0.1, 0.15) is 35.3 Å². The number of fused-ring (bicyclic) bond motifs is 1. The Hall–Kier alpha value is -2.73. The Morgan fingerprint density at radius 2 is 1.67 bits per heavy atom. The van der Waals surface area contributed by atoms with Crippen molar-refractivity contribution < 1.29 is 14.6 Å². The fourth-order valence-electron chi connectivity index (χ4n) is 3.78. The second-order valence-electron chi connectivity index (χ2n) is 7.22. The van der Waals surface area contributed by atoms with Crippen molar-refractivity contribution in [2.24, 2.45) is 4.99 Å². The molecule has 0 bridgehead atoms. The van der Waals surface area contributed by atoms with E-state index in [0.717, 1.165) is 28.2 Å². The summed E-state index contributed by atoms with van der Waals surface area (Å²) in [5.74, 6) is 1.63. The lowest BCUT2D eigenvalue weighted by molar-refractivity contribution is 0.174. The summed E-state index contributed by atoms with van der Waals surface area (Å²) in [6.45, 7) is 0.221. The number of aromatic hydroxyl groups is 1. The summed E-state index contributed by atoms with van der Waals surface area (Å²) in [5, 5.41) is 15.2.